The highest BCUT2D eigenvalue weighted by Gasteiger charge is 2.06. The van der Waals surface area contributed by atoms with Gasteiger partial charge in [0.2, 0.25) is 0 Å². The Hall–Kier alpha value is -2.84. The van der Waals surface area contributed by atoms with E-state index in [9.17, 15) is 0 Å². The average Bonchev–Trinajstić information content (AvgIpc) is 2.75. The average molecular weight is 372 g/mol. The first-order valence-electron chi connectivity index (χ1n) is 9.94. The molecule has 0 aliphatic heterocycles. The van der Waals surface area contributed by atoms with Crippen LogP contribution in [0.4, 0.5) is 0 Å². The van der Waals surface area contributed by atoms with Gasteiger partial charge in [-0.25, -0.2) is 0 Å². The Labute approximate surface area is 169 Å². The summed E-state index contributed by atoms with van der Waals surface area (Å²) in [5.74, 6) is 0.918. The number of aryl methyl sites for hydroxylation is 1. The number of methoxy groups -OCH3 is 1. The molecule has 144 valence electrons. The van der Waals surface area contributed by atoms with Gasteiger partial charge in [0.05, 0.1) is 7.11 Å². The summed E-state index contributed by atoms with van der Waals surface area (Å²) < 4.78 is 5.38. The van der Waals surface area contributed by atoms with Gasteiger partial charge in [0.1, 0.15) is 5.75 Å². The minimum atomic E-state index is 0.918. The predicted octanol–water partition coefficient (Wildman–Crippen LogP) is 5.84. The van der Waals surface area contributed by atoms with Crippen LogP contribution in [0.2, 0.25) is 0 Å². The Bertz CT molecular complexity index is 843. The van der Waals surface area contributed by atoms with E-state index in [1.165, 1.54) is 16.7 Å². The maximum atomic E-state index is 5.38. The van der Waals surface area contributed by atoms with Gasteiger partial charge in [0.25, 0.3) is 0 Å². The maximum Gasteiger partial charge on any atom is 0.119 e. The third kappa shape index (κ3) is 6.71. The molecule has 0 saturated heterocycles. The zero-order valence-corrected chi connectivity index (χ0v) is 16.6. The quantitative estimate of drug-likeness (QED) is 0.444. The van der Waals surface area contributed by atoms with Crippen molar-refractivity contribution < 1.29 is 4.74 Å². The van der Waals surface area contributed by atoms with Crippen LogP contribution >= 0.6 is 0 Å². The second-order valence-corrected chi connectivity index (χ2v) is 6.99. The van der Waals surface area contributed by atoms with Gasteiger partial charge in [-0.05, 0) is 48.2 Å². The molecule has 0 saturated carbocycles. The van der Waals surface area contributed by atoms with Gasteiger partial charge in [-0.15, -0.1) is 0 Å². The molecule has 0 fully saturated rings. The fraction of sp³-hybridized carbons (Fsp3) is 0.231. The van der Waals surface area contributed by atoms with Crippen molar-refractivity contribution in [2.24, 2.45) is 0 Å². The summed E-state index contributed by atoms with van der Waals surface area (Å²) in [6, 6.07) is 29.6. The Balaban J connectivity index is 1.61. The topological polar surface area (TPSA) is 12.5 Å². The van der Waals surface area contributed by atoms with Gasteiger partial charge in [-0.1, -0.05) is 84.9 Å². The Morgan fingerprint density at radius 3 is 2.29 bits per heavy atom. The number of hydrogen-bond acceptors (Lipinski definition) is 2. The van der Waals surface area contributed by atoms with E-state index >= 15 is 0 Å². The molecule has 2 nitrogen and oxygen atoms in total. The largest absolute Gasteiger partial charge is 0.497 e. The van der Waals surface area contributed by atoms with Crippen molar-refractivity contribution >= 4 is 6.08 Å². The van der Waals surface area contributed by atoms with Gasteiger partial charge in [0.15, 0.2) is 0 Å². The maximum absolute atomic E-state index is 5.38. The summed E-state index contributed by atoms with van der Waals surface area (Å²) in [6.45, 7) is 2.91. The van der Waals surface area contributed by atoms with Crippen molar-refractivity contribution in [3.8, 4) is 5.75 Å². The third-order valence-corrected chi connectivity index (χ3v) is 4.80. The first-order valence-corrected chi connectivity index (χ1v) is 9.94. The summed E-state index contributed by atoms with van der Waals surface area (Å²) >= 11 is 0. The van der Waals surface area contributed by atoms with Crippen molar-refractivity contribution in [3.63, 3.8) is 0 Å². The molecule has 0 amide bonds. The molecule has 0 bridgehead atoms. The lowest BCUT2D eigenvalue weighted by atomic mass is 10.1. The molecule has 0 atom stereocenters. The summed E-state index contributed by atoms with van der Waals surface area (Å²) in [7, 11) is 1.72. The standard InChI is InChI=1S/C26H29NO/c1-28-26-18-8-15-25(21-26)22-27(19-9-16-23-11-4-2-5-12-23)20-10-17-24-13-6-3-7-14-24/h2-9,11-16,18,21H,10,17,19-20,22H2,1H3. The molecule has 28 heavy (non-hydrogen) atoms. The molecule has 0 aliphatic rings. The Kier molecular flexibility index (Phi) is 7.90. The monoisotopic (exact) mass is 371 g/mol. The van der Waals surface area contributed by atoms with Crippen LogP contribution in [-0.4, -0.2) is 25.1 Å². The van der Waals surface area contributed by atoms with Gasteiger partial charge in [-0.2, -0.15) is 0 Å². The van der Waals surface area contributed by atoms with E-state index in [1.807, 2.05) is 6.07 Å². The highest BCUT2D eigenvalue weighted by molar-refractivity contribution is 5.48. The molecule has 0 spiro atoms. The molecule has 2 heteroatoms. The van der Waals surface area contributed by atoms with Crippen molar-refractivity contribution in [2.45, 2.75) is 19.4 Å². The van der Waals surface area contributed by atoms with Crippen LogP contribution in [0.15, 0.2) is 91.0 Å². The molecule has 3 aromatic rings. The lowest BCUT2D eigenvalue weighted by molar-refractivity contribution is 0.290. The van der Waals surface area contributed by atoms with Crippen LogP contribution in [0.1, 0.15) is 23.1 Å². The fourth-order valence-electron chi connectivity index (χ4n) is 3.32. The van der Waals surface area contributed by atoms with E-state index in [4.69, 9.17) is 4.74 Å². The summed E-state index contributed by atoms with van der Waals surface area (Å²) in [4.78, 5) is 2.50. The molecule has 0 radical (unpaired) electrons. The molecule has 0 aliphatic carbocycles. The minimum absolute atomic E-state index is 0.918. The molecule has 0 aromatic heterocycles. The predicted molar refractivity (Wildman–Crippen MR) is 119 cm³/mol. The lowest BCUT2D eigenvalue weighted by Crippen LogP contribution is -2.25. The highest BCUT2D eigenvalue weighted by atomic mass is 16.5. The number of benzene rings is 3. The second kappa shape index (κ2) is 11.1. The molecule has 0 N–H and O–H groups in total. The molecular weight excluding hydrogens is 342 g/mol. The van der Waals surface area contributed by atoms with E-state index < -0.39 is 0 Å². The van der Waals surface area contributed by atoms with E-state index in [1.54, 1.807) is 7.11 Å². The van der Waals surface area contributed by atoms with Gasteiger partial charge >= 0.3 is 0 Å². The fourth-order valence-corrected chi connectivity index (χ4v) is 3.32. The van der Waals surface area contributed by atoms with Crippen molar-refractivity contribution in [1.29, 1.82) is 0 Å². The van der Waals surface area contributed by atoms with Crippen LogP contribution in [-0.2, 0) is 13.0 Å². The Morgan fingerprint density at radius 1 is 0.821 bits per heavy atom. The first-order chi connectivity index (χ1) is 13.8. The van der Waals surface area contributed by atoms with Gasteiger partial charge < -0.3 is 4.74 Å². The summed E-state index contributed by atoms with van der Waals surface area (Å²) in [5.41, 5.74) is 3.93. The van der Waals surface area contributed by atoms with E-state index in [0.717, 1.165) is 38.2 Å². The number of nitrogens with zero attached hydrogens (tertiary/aromatic N) is 1. The first kappa shape index (κ1) is 19.9. The van der Waals surface area contributed by atoms with E-state index in [-0.39, 0.29) is 0 Å². The van der Waals surface area contributed by atoms with Crippen molar-refractivity contribution in [1.82, 2.24) is 4.90 Å². The number of hydrogen-bond donors (Lipinski definition) is 0. The van der Waals surface area contributed by atoms with Gasteiger partial charge in [-0.3, -0.25) is 4.90 Å². The Morgan fingerprint density at radius 2 is 1.54 bits per heavy atom. The van der Waals surface area contributed by atoms with Gasteiger partial charge in [0, 0.05) is 13.1 Å². The smallest absolute Gasteiger partial charge is 0.119 e. The van der Waals surface area contributed by atoms with Crippen LogP contribution in [0.3, 0.4) is 0 Å². The van der Waals surface area contributed by atoms with Crippen LogP contribution in [0.5, 0.6) is 5.75 Å². The molecule has 3 aromatic carbocycles. The number of ether oxygens (including phenoxy) is 1. The highest BCUT2D eigenvalue weighted by Crippen LogP contribution is 2.15. The summed E-state index contributed by atoms with van der Waals surface area (Å²) in [5, 5.41) is 0. The van der Waals surface area contributed by atoms with Crippen LogP contribution < -0.4 is 4.74 Å². The molecule has 0 heterocycles. The SMILES string of the molecule is COc1cccc(CN(CC=Cc2ccccc2)CCCc2ccccc2)c1. The molecular formula is C26H29NO. The minimum Gasteiger partial charge on any atom is -0.497 e. The molecule has 0 unspecified atom stereocenters. The zero-order valence-electron chi connectivity index (χ0n) is 16.6. The van der Waals surface area contributed by atoms with Crippen LogP contribution in [0, 0.1) is 0 Å². The van der Waals surface area contributed by atoms with Crippen LogP contribution in [0.25, 0.3) is 6.08 Å². The van der Waals surface area contributed by atoms with Crippen molar-refractivity contribution in [2.75, 3.05) is 20.2 Å². The normalized spacial score (nSPS) is 11.2. The number of rotatable bonds is 10. The van der Waals surface area contributed by atoms with E-state index in [2.05, 4.69) is 95.9 Å². The second-order valence-electron chi connectivity index (χ2n) is 6.99. The summed E-state index contributed by atoms with van der Waals surface area (Å²) in [6.07, 6.45) is 6.72. The lowest BCUT2D eigenvalue weighted by Gasteiger charge is -2.21. The zero-order chi connectivity index (χ0) is 19.4. The van der Waals surface area contributed by atoms with E-state index in [0.29, 0.717) is 0 Å². The third-order valence-electron chi connectivity index (χ3n) is 4.80. The molecule has 3 rings (SSSR count). The van der Waals surface area contributed by atoms with Crippen molar-refractivity contribution in [3.05, 3.63) is 108 Å².